The van der Waals surface area contributed by atoms with Gasteiger partial charge in [-0.3, -0.25) is 0 Å². The largest absolute Gasteiger partial charge is 0.362 e. The van der Waals surface area contributed by atoms with Crippen molar-refractivity contribution in [3.8, 4) is 6.07 Å². The number of anilines is 1. The lowest BCUT2D eigenvalue weighted by molar-refractivity contribution is 0.802. The first kappa shape index (κ1) is 12.5. The standard InChI is InChI=1S/C15H13ClN2S/c16-14-4-1-5-15(13(14)9-17)18(11-6-7-11)10-12-3-2-8-19-12/h1-5,8,11H,6-7,10H2. The van der Waals surface area contributed by atoms with Gasteiger partial charge in [-0.15, -0.1) is 11.3 Å². The topological polar surface area (TPSA) is 27.0 Å². The second-order valence-corrected chi connectivity index (χ2v) is 6.12. The van der Waals surface area contributed by atoms with Crippen LogP contribution in [-0.4, -0.2) is 6.04 Å². The minimum absolute atomic E-state index is 0.539. The predicted octanol–water partition coefficient (Wildman–Crippen LogP) is 4.44. The van der Waals surface area contributed by atoms with Gasteiger partial charge in [0, 0.05) is 10.9 Å². The van der Waals surface area contributed by atoms with Crippen LogP contribution in [0.25, 0.3) is 0 Å². The Morgan fingerprint density at radius 3 is 2.79 bits per heavy atom. The van der Waals surface area contributed by atoms with Gasteiger partial charge in [0.15, 0.2) is 0 Å². The van der Waals surface area contributed by atoms with E-state index in [1.54, 1.807) is 17.4 Å². The summed E-state index contributed by atoms with van der Waals surface area (Å²) >= 11 is 7.89. The highest BCUT2D eigenvalue weighted by molar-refractivity contribution is 7.09. The van der Waals surface area contributed by atoms with E-state index in [-0.39, 0.29) is 0 Å². The van der Waals surface area contributed by atoms with E-state index in [1.165, 1.54) is 17.7 Å². The molecule has 96 valence electrons. The molecule has 0 spiro atoms. The summed E-state index contributed by atoms with van der Waals surface area (Å²) in [4.78, 5) is 3.63. The molecule has 1 aromatic heterocycles. The van der Waals surface area contributed by atoms with Crippen molar-refractivity contribution in [2.24, 2.45) is 0 Å². The van der Waals surface area contributed by atoms with E-state index in [4.69, 9.17) is 11.6 Å². The average Bonchev–Trinajstić information content (AvgIpc) is 3.13. The molecule has 0 saturated heterocycles. The monoisotopic (exact) mass is 288 g/mol. The third-order valence-corrected chi connectivity index (χ3v) is 4.48. The molecule has 0 aliphatic heterocycles. The Balaban J connectivity index is 1.97. The third-order valence-electron chi connectivity index (χ3n) is 3.31. The molecule has 1 saturated carbocycles. The Kier molecular flexibility index (Phi) is 3.46. The highest BCUT2D eigenvalue weighted by Crippen LogP contribution is 2.37. The molecular formula is C15H13ClN2S. The van der Waals surface area contributed by atoms with Crippen LogP contribution < -0.4 is 4.90 Å². The van der Waals surface area contributed by atoms with Gasteiger partial charge in [-0.05, 0) is 36.4 Å². The summed E-state index contributed by atoms with van der Waals surface area (Å²) in [5.74, 6) is 0. The number of nitriles is 1. The molecule has 0 unspecified atom stereocenters. The fourth-order valence-electron chi connectivity index (χ4n) is 2.23. The number of rotatable bonds is 4. The lowest BCUT2D eigenvalue weighted by atomic mass is 10.1. The summed E-state index contributed by atoms with van der Waals surface area (Å²) in [5.41, 5.74) is 1.55. The van der Waals surface area contributed by atoms with E-state index < -0.39 is 0 Å². The van der Waals surface area contributed by atoms with Crippen LogP contribution in [0.4, 0.5) is 5.69 Å². The molecular weight excluding hydrogens is 276 g/mol. The van der Waals surface area contributed by atoms with Crippen LogP contribution in [0.1, 0.15) is 23.3 Å². The van der Waals surface area contributed by atoms with Crippen LogP contribution in [0, 0.1) is 11.3 Å². The van der Waals surface area contributed by atoms with Crippen LogP contribution in [0.5, 0.6) is 0 Å². The molecule has 0 bridgehead atoms. The Bertz CT molecular complexity index is 612. The maximum Gasteiger partial charge on any atom is 0.103 e. The Morgan fingerprint density at radius 1 is 1.32 bits per heavy atom. The van der Waals surface area contributed by atoms with Crippen molar-refractivity contribution in [2.75, 3.05) is 4.90 Å². The van der Waals surface area contributed by atoms with Gasteiger partial charge in [-0.2, -0.15) is 5.26 Å². The average molecular weight is 289 g/mol. The first-order chi connectivity index (χ1) is 9.29. The van der Waals surface area contributed by atoms with Crippen molar-refractivity contribution in [2.45, 2.75) is 25.4 Å². The van der Waals surface area contributed by atoms with Crippen molar-refractivity contribution in [1.82, 2.24) is 0 Å². The SMILES string of the molecule is N#Cc1c(Cl)cccc1N(Cc1cccs1)C1CC1. The quantitative estimate of drug-likeness (QED) is 0.831. The molecule has 1 aliphatic rings. The number of benzene rings is 1. The molecule has 0 atom stereocenters. The van der Waals surface area contributed by atoms with Crippen molar-refractivity contribution >= 4 is 28.6 Å². The zero-order valence-electron chi connectivity index (χ0n) is 10.3. The van der Waals surface area contributed by atoms with Gasteiger partial charge in [0.1, 0.15) is 6.07 Å². The van der Waals surface area contributed by atoms with Crippen molar-refractivity contribution < 1.29 is 0 Å². The summed E-state index contributed by atoms with van der Waals surface area (Å²) in [6.07, 6.45) is 2.39. The van der Waals surface area contributed by atoms with E-state index in [0.717, 1.165) is 12.2 Å². The number of halogens is 1. The molecule has 1 aromatic carbocycles. The van der Waals surface area contributed by atoms with Crippen LogP contribution in [-0.2, 0) is 6.54 Å². The highest BCUT2D eigenvalue weighted by atomic mass is 35.5. The van der Waals surface area contributed by atoms with Gasteiger partial charge in [-0.25, -0.2) is 0 Å². The summed E-state index contributed by atoms with van der Waals surface area (Å²) in [6.45, 7) is 0.858. The van der Waals surface area contributed by atoms with Gasteiger partial charge in [0.2, 0.25) is 0 Å². The first-order valence-electron chi connectivity index (χ1n) is 6.27. The van der Waals surface area contributed by atoms with Crippen LogP contribution in [0.15, 0.2) is 35.7 Å². The maximum atomic E-state index is 9.32. The van der Waals surface area contributed by atoms with Crippen LogP contribution >= 0.6 is 22.9 Å². The summed E-state index contributed by atoms with van der Waals surface area (Å²) < 4.78 is 0. The van der Waals surface area contributed by atoms with Crippen molar-refractivity contribution in [1.29, 1.82) is 5.26 Å². The van der Waals surface area contributed by atoms with Gasteiger partial charge in [-0.1, -0.05) is 23.7 Å². The fourth-order valence-corrected chi connectivity index (χ4v) is 3.14. The lowest BCUT2D eigenvalue weighted by Gasteiger charge is -2.25. The minimum atomic E-state index is 0.539. The third kappa shape index (κ3) is 2.60. The first-order valence-corrected chi connectivity index (χ1v) is 7.53. The minimum Gasteiger partial charge on any atom is -0.362 e. The summed E-state index contributed by atoms with van der Waals surface area (Å²) in [7, 11) is 0. The zero-order chi connectivity index (χ0) is 13.2. The molecule has 0 amide bonds. The lowest BCUT2D eigenvalue weighted by Crippen LogP contribution is -2.25. The van der Waals surface area contributed by atoms with E-state index in [1.807, 2.05) is 12.1 Å². The highest BCUT2D eigenvalue weighted by Gasteiger charge is 2.31. The Hall–Kier alpha value is -1.50. The van der Waals surface area contributed by atoms with Crippen LogP contribution in [0.2, 0.25) is 5.02 Å². The van der Waals surface area contributed by atoms with E-state index in [0.29, 0.717) is 16.6 Å². The molecule has 1 aliphatic carbocycles. The van der Waals surface area contributed by atoms with Gasteiger partial charge in [0.25, 0.3) is 0 Å². The van der Waals surface area contributed by atoms with E-state index >= 15 is 0 Å². The molecule has 1 heterocycles. The fraction of sp³-hybridized carbons (Fsp3) is 0.267. The molecule has 19 heavy (non-hydrogen) atoms. The second kappa shape index (κ2) is 5.24. The number of thiophene rings is 1. The number of hydrogen-bond donors (Lipinski definition) is 0. The molecule has 3 rings (SSSR count). The van der Waals surface area contributed by atoms with Crippen molar-refractivity contribution in [3.05, 3.63) is 51.2 Å². The molecule has 4 heteroatoms. The van der Waals surface area contributed by atoms with Gasteiger partial charge >= 0.3 is 0 Å². The second-order valence-electron chi connectivity index (χ2n) is 4.68. The molecule has 0 radical (unpaired) electrons. The van der Waals surface area contributed by atoms with Crippen molar-refractivity contribution in [3.63, 3.8) is 0 Å². The smallest absolute Gasteiger partial charge is 0.103 e. The van der Waals surface area contributed by atoms with Gasteiger partial charge < -0.3 is 4.90 Å². The molecule has 2 aromatic rings. The molecule has 1 fully saturated rings. The predicted molar refractivity (Wildman–Crippen MR) is 79.7 cm³/mol. The van der Waals surface area contributed by atoms with E-state index in [9.17, 15) is 5.26 Å². The zero-order valence-corrected chi connectivity index (χ0v) is 11.9. The van der Waals surface area contributed by atoms with Crippen LogP contribution in [0.3, 0.4) is 0 Å². The van der Waals surface area contributed by atoms with Gasteiger partial charge in [0.05, 0.1) is 22.8 Å². The summed E-state index contributed by atoms with van der Waals surface area (Å²) in [6, 6.07) is 12.7. The molecule has 0 N–H and O–H groups in total. The normalized spacial score (nSPS) is 14.1. The Labute approximate surface area is 121 Å². The summed E-state index contributed by atoms with van der Waals surface area (Å²) in [5, 5.41) is 11.9. The van der Waals surface area contributed by atoms with E-state index in [2.05, 4.69) is 28.5 Å². The maximum absolute atomic E-state index is 9.32. The number of nitrogens with zero attached hydrogens (tertiary/aromatic N) is 2. The molecule has 2 nitrogen and oxygen atoms in total. The Morgan fingerprint density at radius 2 is 2.16 bits per heavy atom. The number of hydrogen-bond acceptors (Lipinski definition) is 3.